The van der Waals surface area contributed by atoms with Crippen LogP contribution in [-0.4, -0.2) is 33.9 Å². The van der Waals surface area contributed by atoms with Crippen molar-refractivity contribution in [1.29, 1.82) is 0 Å². The van der Waals surface area contributed by atoms with Gasteiger partial charge in [-0.25, -0.2) is 4.98 Å². The summed E-state index contributed by atoms with van der Waals surface area (Å²) in [5.74, 6) is 1.36. The van der Waals surface area contributed by atoms with Gasteiger partial charge in [-0.3, -0.25) is 4.79 Å². The molecule has 1 saturated heterocycles. The molecule has 1 aromatic heterocycles. The Balaban J connectivity index is 1.67. The summed E-state index contributed by atoms with van der Waals surface area (Å²) in [7, 11) is 0. The van der Waals surface area contributed by atoms with Crippen LogP contribution < -0.4 is 10.2 Å². The molecule has 2 atom stereocenters. The highest BCUT2D eigenvalue weighted by molar-refractivity contribution is 7.09. The fourth-order valence-electron chi connectivity index (χ4n) is 2.97. The maximum absolute atomic E-state index is 12.6. The Morgan fingerprint density at radius 2 is 2.08 bits per heavy atom. The van der Waals surface area contributed by atoms with Crippen molar-refractivity contribution >= 4 is 22.6 Å². The summed E-state index contributed by atoms with van der Waals surface area (Å²) >= 11 is 1.40. The van der Waals surface area contributed by atoms with Gasteiger partial charge in [-0.2, -0.15) is 4.37 Å². The molecule has 3 rings (SSSR count). The summed E-state index contributed by atoms with van der Waals surface area (Å²) in [6.45, 7) is 7.18. The lowest BCUT2D eigenvalue weighted by molar-refractivity contribution is -0.123. The van der Waals surface area contributed by atoms with E-state index in [9.17, 15) is 4.79 Å². The summed E-state index contributed by atoms with van der Waals surface area (Å²) in [5, 5.41) is 4.01. The lowest BCUT2D eigenvalue weighted by atomic mass is 10.1. The van der Waals surface area contributed by atoms with E-state index in [1.807, 2.05) is 18.2 Å². The quantitative estimate of drug-likeness (QED) is 0.861. The van der Waals surface area contributed by atoms with Gasteiger partial charge < -0.3 is 10.2 Å². The van der Waals surface area contributed by atoms with E-state index < -0.39 is 0 Å². The molecule has 0 bridgehead atoms. The topological polar surface area (TPSA) is 58.1 Å². The molecule has 1 amide bonds. The standard InChI is InChI=1S/C19H26N4OS/c1-13(2)14(3)20-18(24)16-10-7-11-23(16)19-21-17(22-25-19)12-15-8-5-4-6-9-15/h4-6,8-9,13-14,16H,7,10-12H2,1-3H3,(H,20,24). The molecule has 1 aliphatic rings. The number of carbonyl (C=O) groups excluding carboxylic acids is 1. The first-order valence-electron chi connectivity index (χ1n) is 8.98. The Hall–Kier alpha value is -1.95. The van der Waals surface area contributed by atoms with E-state index in [1.165, 1.54) is 17.1 Å². The third kappa shape index (κ3) is 4.37. The summed E-state index contributed by atoms with van der Waals surface area (Å²) in [4.78, 5) is 19.5. The number of benzene rings is 1. The van der Waals surface area contributed by atoms with Gasteiger partial charge in [0.15, 0.2) is 0 Å². The third-order valence-corrected chi connectivity index (χ3v) is 5.62. The first-order valence-corrected chi connectivity index (χ1v) is 9.75. The fraction of sp³-hybridized carbons (Fsp3) is 0.526. The third-order valence-electron chi connectivity index (χ3n) is 4.83. The number of amides is 1. The van der Waals surface area contributed by atoms with Crippen LogP contribution in [0.1, 0.15) is 45.0 Å². The largest absolute Gasteiger partial charge is 0.352 e. The van der Waals surface area contributed by atoms with E-state index >= 15 is 0 Å². The van der Waals surface area contributed by atoms with E-state index in [4.69, 9.17) is 0 Å². The smallest absolute Gasteiger partial charge is 0.243 e. The minimum Gasteiger partial charge on any atom is -0.352 e. The molecule has 1 aromatic carbocycles. The van der Waals surface area contributed by atoms with Crippen LogP contribution in [0.4, 0.5) is 5.13 Å². The van der Waals surface area contributed by atoms with Crippen molar-refractivity contribution in [3.63, 3.8) is 0 Å². The monoisotopic (exact) mass is 358 g/mol. The second-order valence-electron chi connectivity index (χ2n) is 7.05. The van der Waals surface area contributed by atoms with Crippen LogP contribution in [0.15, 0.2) is 30.3 Å². The lowest BCUT2D eigenvalue weighted by Gasteiger charge is -2.25. The Bertz CT molecular complexity index is 700. The predicted molar refractivity (Wildman–Crippen MR) is 102 cm³/mol. The lowest BCUT2D eigenvalue weighted by Crippen LogP contribution is -2.47. The first-order chi connectivity index (χ1) is 12.0. The van der Waals surface area contributed by atoms with Crippen molar-refractivity contribution in [3.05, 3.63) is 41.7 Å². The fourth-order valence-corrected chi connectivity index (χ4v) is 3.73. The van der Waals surface area contributed by atoms with Gasteiger partial charge >= 0.3 is 0 Å². The number of hydrogen-bond acceptors (Lipinski definition) is 5. The van der Waals surface area contributed by atoms with Crippen molar-refractivity contribution in [2.24, 2.45) is 5.92 Å². The predicted octanol–water partition coefficient (Wildman–Crippen LogP) is 3.26. The number of hydrogen-bond donors (Lipinski definition) is 1. The number of nitrogens with one attached hydrogen (secondary N) is 1. The Kier molecular flexibility index (Phi) is 5.68. The maximum atomic E-state index is 12.6. The highest BCUT2D eigenvalue weighted by atomic mass is 32.1. The first kappa shape index (κ1) is 17.9. The summed E-state index contributed by atoms with van der Waals surface area (Å²) in [6.07, 6.45) is 2.62. The molecular weight excluding hydrogens is 332 g/mol. The van der Waals surface area contributed by atoms with Crippen LogP contribution in [0.2, 0.25) is 0 Å². The number of aromatic nitrogens is 2. The molecule has 1 aliphatic heterocycles. The van der Waals surface area contributed by atoms with Crippen molar-refractivity contribution in [2.45, 2.75) is 52.1 Å². The van der Waals surface area contributed by atoms with Crippen LogP contribution in [0.5, 0.6) is 0 Å². The Morgan fingerprint density at radius 3 is 2.80 bits per heavy atom. The molecule has 0 aliphatic carbocycles. The Morgan fingerprint density at radius 1 is 1.32 bits per heavy atom. The van der Waals surface area contributed by atoms with Gasteiger partial charge in [-0.05, 0) is 31.2 Å². The molecule has 0 saturated carbocycles. The van der Waals surface area contributed by atoms with E-state index in [2.05, 4.69) is 52.5 Å². The van der Waals surface area contributed by atoms with Crippen LogP contribution in [-0.2, 0) is 11.2 Å². The SMILES string of the molecule is CC(C)C(C)NC(=O)C1CCCN1c1nc(Cc2ccccc2)ns1. The van der Waals surface area contributed by atoms with Gasteiger partial charge in [0.2, 0.25) is 11.0 Å². The minimum atomic E-state index is -0.126. The highest BCUT2D eigenvalue weighted by Gasteiger charge is 2.33. The molecule has 1 fully saturated rings. The van der Waals surface area contributed by atoms with Crippen molar-refractivity contribution in [2.75, 3.05) is 11.4 Å². The van der Waals surface area contributed by atoms with Crippen LogP contribution >= 0.6 is 11.5 Å². The molecule has 134 valence electrons. The highest BCUT2D eigenvalue weighted by Crippen LogP contribution is 2.28. The molecule has 2 aromatic rings. The van der Waals surface area contributed by atoms with Gasteiger partial charge in [0.25, 0.3) is 0 Å². The van der Waals surface area contributed by atoms with Crippen molar-refractivity contribution < 1.29 is 4.79 Å². The minimum absolute atomic E-state index is 0.110. The van der Waals surface area contributed by atoms with E-state index in [0.29, 0.717) is 5.92 Å². The number of rotatable bonds is 6. The van der Waals surface area contributed by atoms with Crippen LogP contribution in [0, 0.1) is 5.92 Å². The van der Waals surface area contributed by atoms with Gasteiger partial charge in [0.05, 0.1) is 0 Å². The van der Waals surface area contributed by atoms with E-state index in [-0.39, 0.29) is 18.0 Å². The second-order valence-corrected chi connectivity index (χ2v) is 7.78. The van der Waals surface area contributed by atoms with Crippen molar-refractivity contribution in [3.8, 4) is 0 Å². The van der Waals surface area contributed by atoms with Gasteiger partial charge in [0, 0.05) is 30.5 Å². The zero-order valence-electron chi connectivity index (χ0n) is 15.1. The van der Waals surface area contributed by atoms with Crippen molar-refractivity contribution in [1.82, 2.24) is 14.7 Å². The molecule has 5 nitrogen and oxygen atoms in total. The summed E-state index contributed by atoms with van der Waals surface area (Å²) in [5.41, 5.74) is 1.20. The Labute approximate surface area is 153 Å². The molecule has 2 heterocycles. The molecular formula is C19H26N4OS. The zero-order valence-corrected chi connectivity index (χ0v) is 15.9. The average molecular weight is 359 g/mol. The summed E-state index contributed by atoms with van der Waals surface area (Å²) in [6, 6.07) is 10.3. The van der Waals surface area contributed by atoms with Gasteiger partial charge in [-0.1, -0.05) is 44.2 Å². The summed E-state index contributed by atoms with van der Waals surface area (Å²) < 4.78 is 4.50. The number of carbonyl (C=O) groups is 1. The second kappa shape index (κ2) is 7.95. The molecule has 2 unspecified atom stereocenters. The maximum Gasteiger partial charge on any atom is 0.243 e. The van der Waals surface area contributed by atoms with E-state index in [1.54, 1.807) is 0 Å². The van der Waals surface area contributed by atoms with E-state index in [0.717, 1.165) is 36.8 Å². The van der Waals surface area contributed by atoms with Crippen LogP contribution in [0.25, 0.3) is 0 Å². The molecule has 25 heavy (non-hydrogen) atoms. The number of nitrogens with zero attached hydrogens (tertiary/aromatic N) is 3. The van der Waals surface area contributed by atoms with Gasteiger partial charge in [0.1, 0.15) is 11.9 Å². The van der Waals surface area contributed by atoms with Gasteiger partial charge in [-0.15, -0.1) is 0 Å². The van der Waals surface area contributed by atoms with Crippen LogP contribution in [0.3, 0.4) is 0 Å². The molecule has 0 radical (unpaired) electrons. The number of anilines is 1. The zero-order chi connectivity index (χ0) is 17.8. The normalized spacial score (nSPS) is 18.6. The molecule has 6 heteroatoms. The average Bonchev–Trinajstić information content (AvgIpc) is 3.24. The molecule has 0 spiro atoms. The molecule has 1 N–H and O–H groups in total.